The summed E-state index contributed by atoms with van der Waals surface area (Å²) in [4.78, 5) is 9.14. The Hall–Kier alpha value is -3.57. The molecule has 8 nitrogen and oxygen atoms in total. The van der Waals surface area contributed by atoms with E-state index in [-0.39, 0.29) is 16.2 Å². The maximum absolute atomic E-state index is 12.4. The van der Waals surface area contributed by atoms with E-state index in [0.717, 1.165) is 10.9 Å². The van der Waals surface area contributed by atoms with Crippen molar-refractivity contribution in [3.8, 4) is 34.5 Å². The van der Waals surface area contributed by atoms with Gasteiger partial charge in [0.1, 0.15) is 17.2 Å². The van der Waals surface area contributed by atoms with E-state index in [9.17, 15) is 14.7 Å². The second-order valence-corrected chi connectivity index (χ2v) is 10.2. The summed E-state index contributed by atoms with van der Waals surface area (Å²) in [6.07, 6.45) is 3.47. The fourth-order valence-electron chi connectivity index (χ4n) is 3.50. The van der Waals surface area contributed by atoms with Crippen LogP contribution in [-0.2, 0) is 22.6 Å². The number of nitriles is 2. The fraction of sp³-hybridized carbons (Fsp3) is 0.208. The molecular formula is C24H20N6O2S2. The quantitative estimate of drug-likeness (QED) is 0.343. The molecule has 0 aliphatic rings. The number of hydrogen-bond acceptors (Lipinski definition) is 8. The monoisotopic (exact) mass is 488 g/mol. The maximum atomic E-state index is 12.4. The zero-order valence-corrected chi connectivity index (χ0v) is 20.2. The van der Waals surface area contributed by atoms with Crippen LogP contribution in [0.4, 0.5) is 0 Å². The topological polar surface area (TPSA) is 117 Å². The Morgan fingerprint density at radius 1 is 1.15 bits per heavy atom. The summed E-state index contributed by atoms with van der Waals surface area (Å²) in [5, 5.41) is 26.0. The zero-order chi connectivity index (χ0) is 24.1. The van der Waals surface area contributed by atoms with E-state index >= 15 is 0 Å². The Bertz CT molecular complexity index is 1450. The highest BCUT2D eigenvalue weighted by molar-refractivity contribution is 8.10. The molecule has 0 spiro atoms. The van der Waals surface area contributed by atoms with Gasteiger partial charge in [0, 0.05) is 59.6 Å². The van der Waals surface area contributed by atoms with Crippen molar-refractivity contribution in [3.05, 3.63) is 59.9 Å². The van der Waals surface area contributed by atoms with Gasteiger partial charge in [-0.25, -0.2) is 9.97 Å². The highest BCUT2D eigenvalue weighted by atomic mass is 32.2. The number of hydrogen-bond donors (Lipinski definition) is 0. The Kier molecular flexibility index (Phi) is 7.33. The summed E-state index contributed by atoms with van der Waals surface area (Å²) < 4.78 is 19.1. The lowest BCUT2D eigenvalue weighted by Gasteiger charge is -2.15. The number of methoxy groups -OCH3 is 1. The number of fused-ring (bicyclic) bond motifs is 1. The summed E-state index contributed by atoms with van der Waals surface area (Å²) in [7, 11) is 2.22. The van der Waals surface area contributed by atoms with Crippen molar-refractivity contribution in [1.29, 1.82) is 10.5 Å². The summed E-state index contributed by atoms with van der Waals surface area (Å²) >= 11 is 1.24. The van der Waals surface area contributed by atoms with Crippen LogP contribution < -0.4 is 0 Å². The second-order valence-electron chi connectivity index (χ2n) is 7.32. The minimum absolute atomic E-state index is 0.254. The molecule has 1 atom stereocenters. The molecule has 0 amide bonds. The Balaban J connectivity index is 1.91. The number of nitrogens with zero attached hydrogens (tertiary/aromatic N) is 6. The van der Waals surface area contributed by atoms with Gasteiger partial charge in [-0.15, -0.1) is 0 Å². The van der Waals surface area contributed by atoms with E-state index in [0.29, 0.717) is 39.9 Å². The summed E-state index contributed by atoms with van der Waals surface area (Å²) in [6.45, 7) is 0.385. The number of aryl methyl sites for hydroxylation is 1. The van der Waals surface area contributed by atoms with Crippen LogP contribution in [0.1, 0.15) is 11.1 Å². The fourth-order valence-corrected chi connectivity index (χ4v) is 5.75. The van der Waals surface area contributed by atoms with Gasteiger partial charge in [0.2, 0.25) is 0 Å². The molecule has 3 aromatic heterocycles. The number of rotatable bonds is 8. The molecule has 3 heterocycles. The minimum atomic E-state index is -1.16. The first kappa shape index (κ1) is 23.6. The van der Waals surface area contributed by atoms with E-state index in [1.54, 1.807) is 18.0 Å². The molecule has 0 bridgehead atoms. The van der Waals surface area contributed by atoms with Gasteiger partial charge in [-0.3, -0.25) is 8.89 Å². The van der Waals surface area contributed by atoms with Crippen molar-refractivity contribution in [2.24, 2.45) is 7.05 Å². The molecule has 0 saturated heterocycles. The van der Waals surface area contributed by atoms with Crippen LogP contribution in [0.3, 0.4) is 0 Å². The number of thioether (sulfide) groups is 1. The van der Waals surface area contributed by atoms with Crippen LogP contribution >= 0.6 is 11.8 Å². The predicted molar refractivity (Wildman–Crippen MR) is 132 cm³/mol. The van der Waals surface area contributed by atoms with Gasteiger partial charge >= 0.3 is 0 Å². The van der Waals surface area contributed by atoms with E-state index < -0.39 is 10.8 Å². The average molecular weight is 489 g/mol. The lowest BCUT2D eigenvalue weighted by molar-refractivity contribution is 0.218. The molecule has 34 heavy (non-hydrogen) atoms. The summed E-state index contributed by atoms with van der Waals surface area (Å²) in [6, 6.07) is 15.7. The Morgan fingerprint density at radius 2 is 1.91 bits per heavy atom. The van der Waals surface area contributed by atoms with Gasteiger partial charge in [0.15, 0.2) is 5.65 Å². The van der Waals surface area contributed by atoms with Gasteiger partial charge in [-0.1, -0.05) is 42.1 Å². The lowest BCUT2D eigenvalue weighted by atomic mass is 9.93. The molecular weight excluding hydrogens is 468 g/mol. The molecule has 1 aromatic carbocycles. The van der Waals surface area contributed by atoms with Crippen LogP contribution in [0.2, 0.25) is 0 Å². The van der Waals surface area contributed by atoms with E-state index in [1.807, 2.05) is 49.6 Å². The predicted octanol–water partition coefficient (Wildman–Crippen LogP) is 3.89. The number of pyridine rings is 2. The van der Waals surface area contributed by atoms with Gasteiger partial charge in [0.25, 0.3) is 0 Å². The molecule has 0 saturated carbocycles. The highest BCUT2D eigenvalue weighted by Gasteiger charge is 2.23. The Morgan fingerprint density at radius 3 is 2.62 bits per heavy atom. The largest absolute Gasteiger partial charge is 0.384 e. The molecule has 4 rings (SSSR count). The summed E-state index contributed by atoms with van der Waals surface area (Å²) in [5.74, 6) is 0.391. The van der Waals surface area contributed by atoms with E-state index in [1.165, 1.54) is 11.8 Å². The number of ether oxygens (including phenoxy) is 1. The van der Waals surface area contributed by atoms with Crippen molar-refractivity contribution in [1.82, 2.24) is 19.7 Å². The van der Waals surface area contributed by atoms with Gasteiger partial charge < -0.3 is 4.74 Å². The maximum Gasteiger partial charge on any atom is 0.181 e. The van der Waals surface area contributed by atoms with Crippen LogP contribution in [0, 0.1) is 22.7 Å². The molecule has 10 heteroatoms. The normalized spacial score (nSPS) is 11.8. The molecule has 0 aliphatic carbocycles. The van der Waals surface area contributed by atoms with Gasteiger partial charge in [-0.2, -0.15) is 15.6 Å². The third-order valence-corrected chi connectivity index (χ3v) is 7.75. The standard InChI is InChI=1S/C24H20N6O2S2/c1-30-14-18-10-17(13-27-23(18)29-30)22-19(11-25)21(16-6-4-3-5-7-16)20(12-26)24(28-22)33-15-34(31)9-8-32-2/h3-7,10,13-14H,8-9,15H2,1-2H3. The van der Waals surface area contributed by atoms with Crippen molar-refractivity contribution in [3.63, 3.8) is 0 Å². The number of benzene rings is 1. The first-order chi connectivity index (χ1) is 16.5. The van der Waals surface area contributed by atoms with Crippen molar-refractivity contribution < 1.29 is 8.95 Å². The smallest absolute Gasteiger partial charge is 0.181 e. The molecule has 1 unspecified atom stereocenters. The molecule has 0 fully saturated rings. The third-order valence-electron chi connectivity index (χ3n) is 5.04. The van der Waals surface area contributed by atoms with Crippen LogP contribution in [0.25, 0.3) is 33.4 Å². The molecule has 0 aliphatic heterocycles. The van der Waals surface area contributed by atoms with Crippen LogP contribution in [-0.4, -0.2) is 48.5 Å². The first-order valence-electron chi connectivity index (χ1n) is 10.3. The molecule has 0 radical (unpaired) electrons. The zero-order valence-electron chi connectivity index (χ0n) is 18.6. The average Bonchev–Trinajstić information content (AvgIpc) is 3.24. The van der Waals surface area contributed by atoms with Crippen molar-refractivity contribution in [2.45, 2.75) is 5.03 Å². The first-order valence-corrected chi connectivity index (χ1v) is 12.7. The van der Waals surface area contributed by atoms with E-state index in [2.05, 4.69) is 22.2 Å². The second kappa shape index (κ2) is 10.6. The van der Waals surface area contributed by atoms with Crippen LogP contribution in [0.5, 0.6) is 0 Å². The van der Waals surface area contributed by atoms with Crippen molar-refractivity contribution in [2.75, 3.05) is 24.6 Å². The SMILES string of the molecule is COCCS(=O)CSc1nc(-c2cnc3nn(C)cc3c2)c(C#N)c(-c2ccccc2)c1C#N. The molecule has 0 N–H and O–H groups in total. The van der Waals surface area contributed by atoms with Gasteiger partial charge in [0.05, 0.1) is 28.5 Å². The minimum Gasteiger partial charge on any atom is -0.384 e. The van der Waals surface area contributed by atoms with Crippen LogP contribution in [0.15, 0.2) is 53.8 Å². The molecule has 4 aromatic rings. The number of aromatic nitrogens is 4. The molecule has 170 valence electrons. The Labute approximate surface area is 203 Å². The van der Waals surface area contributed by atoms with Gasteiger partial charge in [-0.05, 0) is 11.6 Å². The van der Waals surface area contributed by atoms with E-state index in [4.69, 9.17) is 9.72 Å². The highest BCUT2D eigenvalue weighted by Crippen LogP contribution is 2.38. The van der Waals surface area contributed by atoms with Crippen molar-refractivity contribution >= 4 is 33.6 Å². The lowest BCUT2D eigenvalue weighted by Crippen LogP contribution is -2.07. The third kappa shape index (κ3) is 4.85. The summed E-state index contributed by atoms with van der Waals surface area (Å²) in [5.41, 5.74) is 3.46.